The van der Waals surface area contributed by atoms with Crippen LogP contribution in [0, 0.1) is 0 Å². The molecule has 0 bridgehead atoms. The lowest BCUT2D eigenvalue weighted by Crippen LogP contribution is -2.38. The van der Waals surface area contributed by atoms with Gasteiger partial charge in [-0.15, -0.1) is 0 Å². The Balaban J connectivity index is 3.71. The minimum absolute atomic E-state index is 0.138. The van der Waals surface area contributed by atoms with Crippen molar-refractivity contribution < 1.29 is 22.8 Å². The van der Waals surface area contributed by atoms with Crippen LogP contribution in [-0.4, -0.2) is 62.6 Å². The maximum Gasteiger partial charge on any atom is 0.334 e. The highest BCUT2D eigenvalue weighted by atomic mass is 28.4. The number of hydrogen-bond acceptors (Lipinski definition) is 5. The fourth-order valence-electron chi connectivity index (χ4n) is 2.83. The van der Waals surface area contributed by atoms with Crippen LogP contribution >= 0.6 is 0 Å². The number of ether oxygens (including phenoxy) is 2. The van der Waals surface area contributed by atoms with E-state index in [9.17, 15) is 0 Å². The molecular weight excluding hydrogens is 352 g/mol. The summed E-state index contributed by atoms with van der Waals surface area (Å²) in [5.41, 5.74) is 0. The molecule has 0 spiro atoms. The van der Waals surface area contributed by atoms with Crippen molar-refractivity contribution in [1.82, 2.24) is 0 Å². The monoisotopic (exact) mass is 394 g/mol. The van der Waals surface area contributed by atoms with Crippen LogP contribution < -0.4 is 0 Å². The van der Waals surface area contributed by atoms with Crippen LogP contribution in [0.5, 0.6) is 0 Å². The second-order valence-corrected chi connectivity index (χ2v) is 14.8. The zero-order chi connectivity index (χ0) is 19.2. The van der Waals surface area contributed by atoms with Crippen LogP contribution in [0.3, 0.4) is 0 Å². The van der Waals surface area contributed by atoms with Crippen LogP contribution in [0.15, 0.2) is 0 Å². The minimum Gasteiger partial charge on any atom is -0.418 e. The third kappa shape index (κ3) is 14.0. The normalized spacial score (nSPS) is 14.0. The molecule has 0 saturated carbocycles. The Kier molecular flexibility index (Phi) is 14.4. The molecule has 0 aromatic carbocycles. The van der Waals surface area contributed by atoms with Gasteiger partial charge < -0.3 is 22.8 Å². The van der Waals surface area contributed by atoms with E-state index in [1.54, 1.807) is 0 Å². The van der Waals surface area contributed by atoms with Crippen LogP contribution in [-0.2, 0) is 22.8 Å². The largest absolute Gasteiger partial charge is 0.418 e. The van der Waals surface area contributed by atoms with Gasteiger partial charge in [-0.05, 0) is 72.3 Å². The van der Waals surface area contributed by atoms with Gasteiger partial charge >= 0.3 is 8.56 Å². The van der Waals surface area contributed by atoms with Crippen LogP contribution in [0.1, 0.15) is 40.5 Å². The zero-order valence-electron chi connectivity index (χ0n) is 17.7. The molecule has 0 aliphatic carbocycles. The van der Waals surface area contributed by atoms with Crippen LogP contribution in [0.25, 0.3) is 0 Å². The van der Waals surface area contributed by atoms with Gasteiger partial charge in [-0.1, -0.05) is 0 Å². The van der Waals surface area contributed by atoms with Gasteiger partial charge in [0.05, 0.1) is 12.7 Å². The van der Waals surface area contributed by atoms with Gasteiger partial charge in [0, 0.05) is 33.0 Å². The highest BCUT2D eigenvalue weighted by Crippen LogP contribution is 2.16. The Morgan fingerprint density at radius 3 is 1.88 bits per heavy atom. The van der Waals surface area contributed by atoms with Crippen molar-refractivity contribution in [3.05, 3.63) is 0 Å². The van der Waals surface area contributed by atoms with Crippen molar-refractivity contribution in [2.75, 3.05) is 39.6 Å². The summed E-state index contributed by atoms with van der Waals surface area (Å²) in [5.74, 6) is 0. The summed E-state index contributed by atoms with van der Waals surface area (Å²) in [4.78, 5) is 0. The Bertz CT molecular complexity index is 310. The third-order valence-corrected chi connectivity index (χ3v) is 9.72. The molecule has 1 unspecified atom stereocenters. The van der Waals surface area contributed by atoms with Gasteiger partial charge in [0.2, 0.25) is 0 Å². The molecule has 1 atom stereocenters. The van der Waals surface area contributed by atoms with E-state index in [2.05, 4.69) is 33.5 Å². The topological polar surface area (TPSA) is 46.2 Å². The van der Waals surface area contributed by atoms with Gasteiger partial charge in [0.1, 0.15) is 0 Å². The maximum absolute atomic E-state index is 5.84. The molecule has 7 heteroatoms. The number of hydrogen-bond donors (Lipinski definition) is 0. The summed E-state index contributed by atoms with van der Waals surface area (Å²) in [5, 5.41) is 0. The third-order valence-electron chi connectivity index (χ3n) is 4.03. The van der Waals surface area contributed by atoms with Crippen LogP contribution in [0.2, 0.25) is 31.7 Å². The molecule has 0 aromatic rings. The summed E-state index contributed by atoms with van der Waals surface area (Å²) >= 11 is 0. The molecular formula is C18H42O5Si2. The maximum atomic E-state index is 5.84. The Morgan fingerprint density at radius 1 is 0.760 bits per heavy atom. The fourth-order valence-corrected chi connectivity index (χ4v) is 7.14. The summed E-state index contributed by atoms with van der Waals surface area (Å²) in [6.07, 6.45) is 2.18. The number of rotatable bonds is 17. The molecule has 0 aliphatic rings. The lowest BCUT2D eigenvalue weighted by Gasteiger charge is -2.26. The molecule has 5 nitrogen and oxygen atoms in total. The van der Waals surface area contributed by atoms with Crippen molar-refractivity contribution in [3.8, 4) is 0 Å². The zero-order valence-corrected chi connectivity index (χ0v) is 19.7. The van der Waals surface area contributed by atoms with E-state index in [1.165, 1.54) is 0 Å². The molecule has 0 radical (unpaired) electrons. The second-order valence-electron chi connectivity index (χ2n) is 7.16. The first-order chi connectivity index (χ1) is 11.8. The van der Waals surface area contributed by atoms with Crippen molar-refractivity contribution in [2.45, 2.75) is 78.4 Å². The second kappa shape index (κ2) is 14.3. The first-order valence-electron chi connectivity index (χ1n) is 9.89. The first-order valence-corrected chi connectivity index (χ1v) is 15.5. The lowest BCUT2D eigenvalue weighted by atomic mass is 10.4. The van der Waals surface area contributed by atoms with E-state index in [-0.39, 0.29) is 6.10 Å². The van der Waals surface area contributed by atoms with Crippen molar-refractivity contribution in [2.24, 2.45) is 0 Å². The summed E-state index contributed by atoms with van der Waals surface area (Å²) in [6, 6.07) is 2.12. The van der Waals surface area contributed by atoms with Crippen LogP contribution in [0.4, 0.5) is 0 Å². The quantitative estimate of drug-likeness (QED) is 0.267. The molecule has 25 heavy (non-hydrogen) atoms. The SMILES string of the molecule is CCO[Si](C)(C)CCCOC(C)COCCC[Si](C)(OCC)OCC. The van der Waals surface area contributed by atoms with Gasteiger partial charge in [0.25, 0.3) is 0 Å². The summed E-state index contributed by atoms with van der Waals surface area (Å²) < 4.78 is 29.1. The Labute approximate surface area is 158 Å². The molecule has 0 N–H and O–H groups in total. The van der Waals surface area contributed by atoms with E-state index >= 15 is 0 Å². The highest BCUT2D eigenvalue weighted by molar-refractivity contribution is 6.71. The van der Waals surface area contributed by atoms with Gasteiger partial charge in [-0.3, -0.25) is 0 Å². The minimum atomic E-state index is -2.00. The van der Waals surface area contributed by atoms with E-state index < -0.39 is 16.9 Å². The van der Waals surface area contributed by atoms with Gasteiger partial charge in [-0.25, -0.2) is 0 Å². The van der Waals surface area contributed by atoms with E-state index in [4.69, 9.17) is 22.8 Å². The van der Waals surface area contributed by atoms with Crippen molar-refractivity contribution in [3.63, 3.8) is 0 Å². The molecule has 0 fully saturated rings. The predicted molar refractivity (Wildman–Crippen MR) is 109 cm³/mol. The molecule has 152 valence electrons. The average molecular weight is 395 g/mol. The standard InChI is InChI=1S/C18H42O5Si2/c1-8-21-24(5,6)15-12-14-20-18(4)17-19-13-11-16-25(7,22-9-2)23-10-3/h18H,8-17H2,1-7H3. The average Bonchev–Trinajstić information content (AvgIpc) is 2.51. The highest BCUT2D eigenvalue weighted by Gasteiger charge is 2.29. The molecule has 0 aromatic heterocycles. The van der Waals surface area contributed by atoms with Crippen molar-refractivity contribution in [1.29, 1.82) is 0 Å². The molecule has 0 rings (SSSR count). The fraction of sp³-hybridized carbons (Fsp3) is 1.00. The van der Waals surface area contributed by atoms with Gasteiger partial charge in [0.15, 0.2) is 8.32 Å². The summed E-state index contributed by atoms with van der Waals surface area (Å²) in [7, 11) is -3.47. The molecule has 0 aliphatic heterocycles. The smallest absolute Gasteiger partial charge is 0.334 e. The lowest BCUT2D eigenvalue weighted by molar-refractivity contribution is -0.00674. The Hall–Kier alpha value is 0.234. The molecule has 0 heterocycles. The molecule has 0 amide bonds. The van der Waals surface area contributed by atoms with E-state index in [1.807, 2.05) is 13.8 Å². The first kappa shape index (κ1) is 25.2. The van der Waals surface area contributed by atoms with E-state index in [0.29, 0.717) is 6.61 Å². The van der Waals surface area contributed by atoms with Gasteiger partial charge in [-0.2, -0.15) is 0 Å². The van der Waals surface area contributed by atoms with E-state index in [0.717, 1.165) is 58.0 Å². The molecule has 0 saturated heterocycles. The van der Waals surface area contributed by atoms with Crippen molar-refractivity contribution >= 4 is 16.9 Å². The Morgan fingerprint density at radius 2 is 1.32 bits per heavy atom. The summed E-state index contributed by atoms with van der Waals surface area (Å²) in [6.45, 7) is 19.3. The predicted octanol–water partition coefficient (Wildman–Crippen LogP) is 4.57.